The molecule has 8 heteroatoms. The Balaban J connectivity index is 1.09. The van der Waals surface area contributed by atoms with E-state index in [2.05, 4.69) is 33.3 Å². The van der Waals surface area contributed by atoms with Crippen LogP contribution in [0.2, 0.25) is 0 Å². The molecule has 4 aliphatic rings. The van der Waals surface area contributed by atoms with Gasteiger partial charge in [-0.25, -0.2) is 4.39 Å². The van der Waals surface area contributed by atoms with E-state index < -0.39 is 0 Å². The molecule has 2 saturated heterocycles. The first-order valence-electron chi connectivity index (χ1n) is 12.0. The lowest BCUT2D eigenvalue weighted by Crippen LogP contribution is -2.51. The van der Waals surface area contributed by atoms with Crippen molar-refractivity contribution in [2.75, 3.05) is 19.7 Å². The SMILES string of the molecule is O=C1CCC(N2Cc3cc(CN4CC(C5CCOc6cc(F)ccc65)C4)ccc3C2S)C(=O)N1. The predicted molar refractivity (Wildman–Crippen MR) is 128 cm³/mol. The van der Waals surface area contributed by atoms with Gasteiger partial charge in [-0.15, -0.1) is 0 Å². The van der Waals surface area contributed by atoms with Crippen LogP contribution in [-0.2, 0) is 22.7 Å². The third kappa shape index (κ3) is 3.91. The Labute approximate surface area is 203 Å². The number of thiol groups is 1. The minimum absolute atomic E-state index is 0.139. The first kappa shape index (κ1) is 22.1. The number of ether oxygens (including phenoxy) is 1. The fourth-order valence-corrected chi connectivity index (χ4v) is 6.51. The lowest BCUT2D eigenvalue weighted by molar-refractivity contribution is -0.137. The van der Waals surface area contributed by atoms with Crippen molar-refractivity contribution < 1.29 is 18.7 Å². The van der Waals surface area contributed by atoms with Gasteiger partial charge in [-0.2, -0.15) is 12.6 Å². The predicted octanol–water partition coefficient (Wildman–Crippen LogP) is 3.37. The minimum Gasteiger partial charge on any atom is -0.493 e. The van der Waals surface area contributed by atoms with E-state index in [-0.39, 0.29) is 29.0 Å². The van der Waals surface area contributed by atoms with Crippen molar-refractivity contribution in [3.63, 3.8) is 0 Å². The molecule has 0 aliphatic carbocycles. The smallest absolute Gasteiger partial charge is 0.243 e. The topological polar surface area (TPSA) is 61.9 Å². The summed E-state index contributed by atoms with van der Waals surface area (Å²) >= 11 is 4.79. The van der Waals surface area contributed by atoms with Crippen molar-refractivity contribution >= 4 is 24.4 Å². The first-order chi connectivity index (χ1) is 16.5. The number of benzene rings is 2. The highest BCUT2D eigenvalue weighted by atomic mass is 32.1. The van der Waals surface area contributed by atoms with Crippen LogP contribution in [-0.4, -0.2) is 47.4 Å². The Morgan fingerprint density at radius 1 is 1.09 bits per heavy atom. The van der Waals surface area contributed by atoms with Gasteiger partial charge in [-0.05, 0) is 53.0 Å². The summed E-state index contributed by atoms with van der Waals surface area (Å²) in [7, 11) is 0. The molecule has 2 fully saturated rings. The van der Waals surface area contributed by atoms with E-state index in [1.807, 2.05) is 6.07 Å². The molecule has 1 N–H and O–H groups in total. The second kappa shape index (κ2) is 8.66. The molecule has 2 aromatic carbocycles. The van der Waals surface area contributed by atoms with Crippen molar-refractivity contribution in [2.45, 2.75) is 49.7 Å². The molecular formula is C26H28FN3O3S. The zero-order chi connectivity index (χ0) is 23.4. The quantitative estimate of drug-likeness (QED) is 0.518. The lowest BCUT2D eigenvalue weighted by atomic mass is 9.77. The highest BCUT2D eigenvalue weighted by Gasteiger charge is 2.40. The standard InChI is InChI=1S/C26H28FN3O3S/c27-18-2-4-21-19(7-8-33-23(21)10-18)17-12-29(13-17)11-15-1-3-20-16(9-15)14-30(26(20)34)22-5-6-24(31)28-25(22)32/h1-4,9-10,17,19,22,26,34H,5-8,11-14H2,(H,28,31,32). The molecule has 4 aliphatic heterocycles. The normalized spacial score (nSPS) is 27.5. The Kier molecular flexibility index (Phi) is 5.62. The highest BCUT2D eigenvalue weighted by molar-refractivity contribution is 7.80. The van der Waals surface area contributed by atoms with Crippen LogP contribution >= 0.6 is 12.6 Å². The summed E-state index contributed by atoms with van der Waals surface area (Å²) in [6.07, 6.45) is 1.90. The number of halogens is 1. The summed E-state index contributed by atoms with van der Waals surface area (Å²) in [4.78, 5) is 28.4. The average molecular weight is 482 g/mol. The van der Waals surface area contributed by atoms with Gasteiger partial charge in [-0.3, -0.25) is 24.7 Å². The summed E-state index contributed by atoms with van der Waals surface area (Å²) in [5.41, 5.74) is 4.75. The van der Waals surface area contributed by atoms with Gasteiger partial charge in [0.15, 0.2) is 0 Å². The van der Waals surface area contributed by atoms with Crippen molar-refractivity contribution in [1.82, 2.24) is 15.1 Å². The van der Waals surface area contributed by atoms with Crippen LogP contribution in [0.15, 0.2) is 36.4 Å². The zero-order valence-electron chi connectivity index (χ0n) is 18.9. The van der Waals surface area contributed by atoms with Gasteiger partial charge >= 0.3 is 0 Å². The van der Waals surface area contributed by atoms with Gasteiger partial charge in [0, 0.05) is 38.7 Å². The Morgan fingerprint density at radius 2 is 1.91 bits per heavy atom. The molecule has 3 unspecified atom stereocenters. The van der Waals surface area contributed by atoms with Crippen molar-refractivity contribution in [2.24, 2.45) is 5.92 Å². The molecule has 0 aromatic heterocycles. The Morgan fingerprint density at radius 3 is 2.74 bits per heavy atom. The van der Waals surface area contributed by atoms with Crippen LogP contribution in [0.1, 0.15) is 52.8 Å². The average Bonchev–Trinajstić information content (AvgIpc) is 3.11. The van der Waals surface area contributed by atoms with E-state index in [1.54, 1.807) is 0 Å². The number of nitrogens with one attached hydrogen (secondary N) is 1. The number of nitrogens with zero attached hydrogens (tertiary/aromatic N) is 2. The van der Waals surface area contributed by atoms with E-state index in [9.17, 15) is 14.0 Å². The van der Waals surface area contributed by atoms with Crippen molar-refractivity contribution in [1.29, 1.82) is 0 Å². The van der Waals surface area contributed by atoms with E-state index in [0.29, 0.717) is 43.6 Å². The number of carbonyl (C=O) groups excluding carboxylic acids is 2. The first-order valence-corrected chi connectivity index (χ1v) is 12.5. The summed E-state index contributed by atoms with van der Waals surface area (Å²) in [5.74, 6) is 1.04. The van der Waals surface area contributed by atoms with Crippen LogP contribution in [0.5, 0.6) is 5.75 Å². The lowest BCUT2D eigenvalue weighted by Gasteiger charge is -2.45. The molecule has 0 saturated carbocycles. The van der Waals surface area contributed by atoms with Gasteiger partial charge in [-0.1, -0.05) is 24.3 Å². The molecule has 4 heterocycles. The second-order valence-electron chi connectivity index (χ2n) is 9.93. The molecule has 0 spiro atoms. The molecule has 6 nitrogen and oxygen atoms in total. The number of carbonyl (C=O) groups is 2. The number of hydrogen-bond acceptors (Lipinski definition) is 6. The van der Waals surface area contributed by atoms with Gasteiger partial charge in [0.2, 0.25) is 11.8 Å². The highest BCUT2D eigenvalue weighted by Crippen LogP contribution is 2.43. The molecule has 2 aromatic rings. The van der Waals surface area contributed by atoms with Gasteiger partial charge in [0.05, 0.1) is 18.0 Å². The molecule has 0 bridgehead atoms. The maximum Gasteiger partial charge on any atom is 0.243 e. The molecule has 34 heavy (non-hydrogen) atoms. The summed E-state index contributed by atoms with van der Waals surface area (Å²) < 4.78 is 19.3. The fourth-order valence-electron chi connectivity index (χ4n) is 6.02. The molecule has 6 rings (SSSR count). The minimum atomic E-state index is -0.317. The van der Waals surface area contributed by atoms with Crippen LogP contribution < -0.4 is 10.1 Å². The Hall–Kier alpha value is -2.42. The molecular weight excluding hydrogens is 453 g/mol. The third-order valence-corrected chi connectivity index (χ3v) is 8.36. The maximum absolute atomic E-state index is 13.6. The Bertz CT molecular complexity index is 1150. The number of imide groups is 1. The van der Waals surface area contributed by atoms with E-state index in [4.69, 9.17) is 17.4 Å². The molecule has 3 atom stereocenters. The number of hydrogen-bond donors (Lipinski definition) is 2. The fraction of sp³-hybridized carbons (Fsp3) is 0.462. The van der Waals surface area contributed by atoms with Gasteiger partial charge < -0.3 is 4.74 Å². The zero-order valence-corrected chi connectivity index (χ0v) is 19.8. The molecule has 2 amide bonds. The van der Waals surface area contributed by atoms with Crippen LogP contribution in [0, 0.1) is 11.7 Å². The van der Waals surface area contributed by atoms with Gasteiger partial charge in [0.25, 0.3) is 0 Å². The van der Waals surface area contributed by atoms with E-state index in [1.165, 1.54) is 23.3 Å². The van der Waals surface area contributed by atoms with E-state index >= 15 is 0 Å². The van der Waals surface area contributed by atoms with Crippen molar-refractivity contribution in [3.05, 3.63) is 64.5 Å². The van der Waals surface area contributed by atoms with Crippen LogP contribution in [0.25, 0.3) is 0 Å². The number of piperidine rings is 1. The maximum atomic E-state index is 13.6. The molecule has 0 radical (unpaired) electrons. The summed E-state index contributed by atoms with van der Waals surface area (Å²) in [6, 6.07) is 11.2. The summed E-state index contributed by atoms with van der Waals surface area (Å²) in [5, 5.41) is 2.32. The second-order valence-corrected chi connectivity index (χ2v) is 10.4. The van der Waals surface area contributed by atoms with E-state index in [0.717, 1.165) is 37.2 Å². The third-order valence-electron chi connectivity index (χ3n) is 7.79. The largest absolute Gasteiger partial charge is 0.493 e. The number of rotatable bonds is 4. The van der Waals surface area contributed by atoms with Crippen LogP contribution in [0.4, 0.5) is 4.39 Å². The van der Waals surface area contributed by atoms with Crippen LogP contribution in [0.3, 0.4) is 0 Å². The monoisotopic (exact) mass is 481 g/mol. The summed E-state index contributed by atoms with van der Waals surface area (Å²) in [6.45, 7) is 4.25. The number of likely N-dealkylation sites (tertiary alicyclic amines) is 1. The number of fused-ring (bicyclic) bond motifs is 2. The molecule has 178 valence electrons. The number of amides is 2. The van der Waals surface area contributed by atoms with Crippen molar-refractivity contribution in [3.8, 4) is 5.75 Å². The van der Waals surface area contributed by atoms with Gasteiger partial charge in [0.1, 0.15) is 11.6 Å².